The van der Waals surface area contributed by atoms with Crippen LogP contribution in [0.5, 0.6) is 0 Å². The third-order valence-electron chi connectivity index (χ3n) is 4.87. The summed E-state index contributed by atoms with van der Waals surface area (Å²) < 4.78 is 7.24. The second-order valence-corrected chi connectivity index (χ2v) is 7.30. The van der Waals surface area contributed by atoms with Crippen molar-refractivity contribution in [3.63, 3.8) is 0 Å². The van der Waals surface area contributed by atoms with Crippen molar-refractivity contribution in [2.75, 3.05) is 19.6 Å². The molecule has 1 aromatic heterocycles. The number of fused-ring (bicyclic) bond motifs is 2. The molecule has 2 aliphatic rings. The number of rotatable bonds is 4. The molecule has 2 fully saturated rings. The van der Waals surface area contributed by atoms with Gasteiger partial charge in [-0.3, -0.25) is 14.4 Å². The Labute approximate surface area is 147 Å². The molecular weight excluding hydrogens is 322 g/mol. The molecule has 0 radical (unpaired) electrons. The molecule has 3 atom stereocenters. The van der Waals surface area contributed by atoms with Gasteiger partial charge in [0.15, 0.2) is 0 Å². The Balaban J connectivity index is 1.70. The van der Waals surface area contributed by atoms with Crippen LogP contribution in [-0.4, -0.2) is 53.1 Å². The maximum Gasteiger partial charge on any atom is 0.270 e. The standard InChI is InChI=1S/C18H25N3O4/c1-11(2)8-19-17(23)13-7-12-9-21(10-15(13)25-12)18(24)14-5-4-6-16(22)20(14)3/h4-6,11-13,15H,7-10H2,1-3H3,(H,19,23). The summed E-state index contributed by atoms with van der Waals surface area (Å²) in [5.74, 6) is -0.0198. The van der Waals surface area contributed by atoms with Crippen LogP contribution in [0.3, 0.4) is 0 Å². The molecule has 1 N–H and O–H groups in total. The van der Waals surface area contributed by atoms with Gasteiger partial charge in [-0.2, -0.15) is 0 Å². The van der Waals surface area contributed by atoms with E-state index in [9.17, 15) is 14.4 Å². The van der Waals surface area contributed by atoms with Crippen molar-refractivity contribution in [1.29, 1.82) is 0 Å². The number of likely N-dealkylation sites (tertiary alicyclic amines) is 1. The average molecular weight is 347 g/mol. The summed E-state index contributed by atoms with van der Waals surface area (Å²) in [5, 5.41) is 2.96. The topological polar surface area (TPSA) is 80.6 Å². The van der Waals surface area contributed by atoms with Gasteiger partial charge in [0.1, 0.15) is 5.69 Å². The first-order valence-electron chi connectivity index (χ1n) is 8.75. The van der Waals surface area contributed by atoms with E-state index in [-0.39, 0.29) is 35.5 Å². The number of carbonyl (C=O) groups excluding carboxylic acids is 2. The van der Waals surface area contributed by atoms with Gasteiger partial charge in [-0.15, -0.1) is 0 Å². The van der Waals surface area contributed by atoms with E-state index >= 15 is 0 Å². The Hall–Kier alpha value is -2.15. The number of hydrogen-bond donors (Lipinski definition) is 1. The largest absolute Gasteiger partial charge is 0.370 e. The fourth-order valence-electron chi connectivity index (χ4n) is 3.48. The van der Waals surface area contributed by atoms with Crippen molar-refractivity contribution in [2.24, 2.45) is 18.9 Å². The maximum absolute atomic E-state index is 12.8. The van der Waals surface area contributed by atoms with Crippen molar-refractivity contribution >= 4 is 11.8 Å². The summed E-state index contributed by atoms with van der Waals surface area (Å²) in [6.07, 6.45) is 0.223. The second kappa shape index (κ2) is 7.00. The van der Waals surface area contributed by atoms with Crippen LogP contribution in [0.25, 0.3) is 0 Å². The van der Waals surface area contributed by atoms with E-state index in [2.05, 4.69) is 5.32 Å². The first-order valence-corrected chi connectivity index (χ1v) is 8.75. The summed E-state index contributed by atoms with van der Waals surface area (Å²) in [6, 6.07) is 4.66. The lowest BCUT2D eigenvalue weighted by molar-refractivity contribution is -0.127. The third kappa shape index (κ3) is 3.61. The molecule has 1 aromatic rings. The number of ether oxygens (including phenoxy) is 1. The van der Waals surface area contributed by atoms with Crippen molar-refractivity contribution in [2.45, 2.75) is 32.5 Å². The van der Waals surface area contributed by atoms with Crippen LogP contribution in [0.2, 0.25) is 0 Å². The lowest BCUT2D eigenvalue weighted by Crippen LogP contribution is -2.48. The molecule has 3 heterocycles. The van der Waals surface area contributed by atoms with E-state index in [1.165, 1.54) is 10.6 Å². The van der Waals surface area contributed by atoms with Gasteiger partial charge in [-0.25, -0.2) is 0 Å². The number of hydrogen-bond acceptors (Lipinski definition) is 4. The van der Waals surface area contributed by atoms with Crippen LogP contribution in [0.4, 0.5) is 0 Å². The summed E-state index contributed by atoms with van der Waals surface area (Å²) in [7, 11) is 1.59. The number of morpholine rings is 1. The van der Waals surface area contributed by atoms with Gasteiger partial charge < -0.3 is 19.5 Å². The van der Waals surface area contributed by atoms with Crippen LogP contribution in [0.1, 0.15) is 30.8 Å². The predicted octanol–water partition coefficient (Wildman–Crippen LogP) is 0.387. The highest BCUT2D eigenvalue weighted by Crippen LogP contribution is 2.32. The first kappa shape index (κ1) is 17.7. The van der Waals surface area contributed by atoms with Gasteiger partial charge in [0, 0.05) is 32.7 Å². The molecule has 2 aliphatic heterocycles. The molecule has 3 rings (SSSR count). The Bertz CT molecular complexity index is 727. The number of pyridine rings is 1. The van der Waals surface area contributed by atoms with Gasteiger partial charge in [-0.05, 0) is 18.4 Å². The Kier molecular flexibility index (Phi) is 4.94. The van der Waals surface area contributed by atoms with E-state index in [1.807, 2.05) is 13.8 Å². The number of aromatic nitrogens is 1. The predicted molar refractivity (Wildman–Crippen MR) is 92.2 cm³/mol. The van der Waals surface area contributed by atoms with E-state index in [0.717, 1.165) is 0 Å². The monoisotopic (exact) mass is 347 g/mol. The SMILES string of the molecule is CC(C)CNC(=O)C1CC2CN(C(=O)c3cccc(=O)n3C)CC1O2. The minimum Gasteiger partial charge on any atom is -0.370 e. The van der Waals surface area contributed by atoms with E-state index < -0.39 is 0 Å². The fraction of sp³-hybridized carbons (Fsp3) is 0.611. The van der Waals surface area contributed by atoms with E-state index in [1.54, 1.807) is 24.1 Å². The van der Waals surface area contributed by atoms with Crippen LogP contribution in [-0.2, 0) is 16.6 Å². The molecule has 0 saturated carbocycles. The maximum atomic E-state index is 12.8. The number of carbonyl (C=O) groups is 2. The number of amides is 2. The quantitative estimate of drug-likeness (QED) is 0.854. The van der Waals surface area contributed by atoms with Crippen molar-refractivity contribution in [3.8, 4) is 0 Å². The zero-order valence-corrected chi connectivity index (χ0v) is 14.9. The highest BCUT2D eigenvalue weighted by molar-refractivity contribution is 5.92. The second-order valence-electron chi connectivity index (χ2n) is 7.30. The molecule has 25 heavy (non-hydrogen) atoms. The van der Waals surface area contributed by atoms with Crippen molar-refractivity contribution < 1.29 is 14.3 Å². The average Bonchev–Trinajstić information content (AvgIpc) is 2.88. The van der Waals surface area contributed by atoms with Crippen LogP contribution in [0, 0.1) is 11.8 Å². The van der Waals surface area contributed by atoms with Gasteiger partial charge in [0.2, 0.25) is 5.91 Å². The summed E-state index contributed by atoms with van der Waals surface area (Å²) in [4.78, 5) is 38.6. The van der Waals surface area contributed by atoms with E-state index in [0.29, 0.717) is 37.7 Å². The zero-order valence-electron chi connectivity index (χ0n) is 14.9. The molecule has 0 aliphatic carbocycles. The molecular formula is C18H25N3O4. The van der Waals surface area contributed by atoms with Crippen molar-refractivity contribution in [3.05, 3.63) is 34.2 Å². The van der Waals surface area contributed by atoms with E-state index in [4.69, 9.17) is 4.74 Å². The first-order chi connectivity index (χ1) is 11.9. The normalized spacial score (nSPS) is 25.3. The molecule has 136 valence electrons. The van der Waals surface area contributed by atoms with Crippen LogP contribution in [0.15, 0.2) is 23.0 Å². The molecule has 0 spiro atoms. The minimum absolute atomic E-state index is 0.00242. The molecule has 2 amide bonds. The number of nitrogens with zero attached hydrogens (tertiary/aromatic N) is 2. The summed E-state index contributed by atoms with van der Waals surface area (Å²) >= 11 is 0. The molecule has 3 unspecified atom stereocenters. The highest BCUT2D eigenvalue weighted by atomic mass is 16.5. The molecule has 7 nitrogen and oxygen atoms in total. The van der Waals surface area contributed by atoms with Gasteiger partial charge >= 0.3 is 0 Å². The van der Waals surface area contributed by atoms with Gasteiger partial charge in [-0.1, -0.05) is 19.9 Å². The summed E-state index contributed by atoms with van der Waals surface area (Å²) in [6.45, 7) is 5.56. The van der Waals surface area contributed by atoms with Gasteiger partial charge in [0.05, 0.1) is 18.1 Å². The molecule has 2 saturated heterocycles. The molecule has 2 bridgehead atoms. The molecule has 7 heteroatoms. The molecule has 0 aromatic carbocycles. The highest BCUT2D eigenvalue weighted by Gasteiger charge is 2.45. The minimum atomic E-state index is -0.282. The van der Waals surface area contributed by atoms with Gasteiger partial charge in [0.25, 0.3) is 11.5 Å². The van der Waals surface area contributed by atoms with Crippen LogP contribution < -0.4 is 10.9 Å². The Morgan fingerprint density at radius 2 is 2.08 bits per heavy atom. The third-order valence-corrected chi connectivity index (χ3v) is 4.87. The lowest BCUT2D eigenvalue weighted by Gasteiger charge is -2.33. The van der Waals surface area contributed by atoms with Crippen molar-refractivity contribution in [1.82, 2.24) is 14.8 Å². The Morgan fingerprint density at radius 3 is 2.80 bits per heavy atom. The zero-order chi connectivity index (χ0) is 18.1. The smallest absolute Gasteiger partial charge is 0.270 e. The number of nitrogens with one attached hydrogen (secondary N) is 1. The Morgan fingerprint density at radius 1 is 1.32 bits per heavy atom. The summed E-state index contributed by atoms with van der Waals surface area (Å²) in [5.41, 5.74) is 0.141. The van der Waals surface area contributed by atoms with Crippen LogP contribution >= 0.6 is 0 Å². The fourth-order valence-corrected chi connectivity index (χ4v) is 3.48. The lowest BCUT2D eigenvalue weighted by atomic mass is 9.99.